The van der Waals surface area contributed by atoms with E-state index in [1.165, 1.54) is 6.33 Å². The molecule has 0 aliphatic carbocycles. The van der Waals surface area contributed by atoms with Gasteiger partial charge in [0, 0.05) is 31.5 Å². The smallest absolute Gasteiger partial charge is 0.246 e. The molecule has 1 aliphatic heterocycles. The number of aromatic nitrogens is 5. The van der Waals surface area contributed by atoms with Crippen LogP contribution in [0.3, 0.4) is 0 Å². The van der Waals surface area contributed by atoms with Crippen molar-refractivity contribution >= 4 is 34.1 Å². The Kier molecular flexibility index (Phi) is 6.70. The molecule has 1 atom stereocenters. The summed E-state index contributed by atoms with van der Waals surface area (Å²) in [4.78, 5) is 15.0. The third kappa shape index (κ3) is 5.19. The second kappa shape index (κ2) is 10.2. The number of anilines is 2. The number of fused-ring (bicyclic) bond motifs is 1. The van der Waals surface area contributed by atoms with Crippen molar-refractivity contribution in [3.63, 3.8) is 0 Å². The Balaban J connectivity index is 1.26. The fraction of sp³-hybridized carbons (Fsp3) is 0.304. The Hall–Kier alpha value is -3.47. The van der Waals surface area contributed by atoms with Crippen LogP contribution in [-0.4, -0.2) is 67.5 Å². The average Bonchev–Trinajstić information content (AvgIpc) is 3.46. The van der Waals surface area contributed by atoms with Crippen LogP contribution in [0.2, 0.25) is 5.02 Å². The number of H-pyrrole nitrogens is 1. The highest BCUT2D eigenvalue weighted by molar-refractivity contribution is 6.32. The number of hydrogen-bond acceptors (Lipinski definition) is 9. The summed E-state index contributed by atoms with van der Waals surface area (Å²) in [5.41, 5.74) is 2.11. The van der Waals surface area contributed by atoms with Crippen LogP contribution in [0, 0.1) is 0 Å². The van der Waals surface area contributed by atoms with Crippen LogP contribution >= 0.6 is 11.6 Å². The molecule has 1 fully saturated rings. The van der Waals surface area contributed by atoms with E-state index in [-0.39, 0.29) is 6.10 Å². The van der Waals surface area contributed by atoms with Crippen molar-refractivity contribution in [3.8, 4) is 11.6 Å². The lowest BCUT2D eigenvalue weighted by atomic mass is 10.3. The van der Waals surface area contributed by atoms with Crippen molar-refractivity contribution in [2.45, 2.75) is 19.1 Å². The highest BCUT2D eigenvalue weighted by atomic mass is 35.5. The van der Waals surface area contributed by atoms with E-state index in [4.69, 9.17) is 21.1 Å². The monoisotopic (exact) mass is 481 g/mol. The number of β-amino-alcohol motifs (C(OH)–C–C–N with tert-alkyl or cyclic N) is 1. The third-order valence-electron chi connectivity index (χ3n) is 5.51. The molecule has 0 spiro atoms. The van der Waals surface area contributed by atoms with Gasteiger partial charge in [0.15, 0.2) is 5.65 Å². The van der Waals surface area contributed by atoms with Gasteiger partial charge in [-0.3, -0.25) is 15.0 Å². The summed E-state index contributed by atoms with van der Waals surface area (Å²) < 4.78 is 11.7. The van der Waals surface area contributed by atoms with E-state index in [0.717, 1.165) is 24.3 Å². The summed E-state index contributed by atoms with van der Waals surface area (Å²) in [6.45, 7) is 3.01. The molecule has 10 nitrogen and oxygen atoms in total. The fourth-order valence-corrected chi connectivity index (χ4v) is 4.02. The van der Waals surface area contributed by atoms with Crippen LogP contribution in [-0.2, 0) is 6.61 Å². The molecule has 1 saturated heterocycles. The fourth-order valence-electron chi connectivity index (χ4n) is 3.79. The minimum Gasteiger partial charge on any atom is -0.486 e. The van der Waals surface area contributed by atoms with E-state index in [9.17, 15) is 5.11 Å². The molecule has 5 rings (SSSR count). The van der Waals surface area contributed by atoms with Gasteiger partial charge in [-0.25, -0.2) is 9.97 Å². The number of nitrogens with one attached hydrogen (secondary N) is 2. The van der Waals surface area contributed by atoms with Gasteiger partial charge in [-0.05, 0) is 36.8 Å². The number of aliphatic hydroxyl groups is 1. The summed E-state index contributed by atoms with van der Waals surface area (Å²) in [7, 11) is 0. The Morgan fingerprint density at radius 1 is 1.18 bits per heavy atom. The van der Waals surface area contributed by atoms with Gasteiger partial charge in [-0.1, -0.05) is 17.7 Å². The van der Waals surface area contributed by atoms with Gasteiger partial charge < -0.3 is 19.9 Å². The van der Waals surface area contributed by atoms with Gasteiger partial charge in [0.1, 0.15) is 36.5 Å². The van der Waals surface area contributed by atoms with Gasteiger partial charge >= 0.3 is 0 Å². The lowest BCUT2D eigenvalue weighted by Crippen LogP contribution is -2.27. The Labute approximate surface area is 200 Å². The number of likely N-dealkylation sites (tertiary alicyclic amines) is 1. The Morgan fingerprint density at radius 3 is 2.91 bits per heavy atom. The maximum atomic E-state index is 9.67. The quantitative estimate of drug-likeness (QED) is 0.331. The topological polar surface area (TPSA) is 121 Å². The number of aliphatic hydroxyl groups excluding tert-OH is 1. The second-order valence-electron chi connectivity index (χ2n) is 7.95. The molecule has 0 bridgehead atoms. The number of nitrogens with zero attached hydrogens (tertiary/aromatic N) is 5. The summed E-state index contributed by atoms with van der Waals surface area (Å²) in [6, 6.07) is 11.1. The second-order valence-corrected chi connectivity index (χ2v) is 8.35. The molecular weight excluding hydrogens is 458 g/mol. The summed E-state index contributed by atoms with van der Waals surface area (Å²) in [5, 5.41) is 21.2. The summed E-state index contributed by atoms with van der Waals surface area (Å²) >= 11 is 6.45. The average molecular weight is 482 g/mol. The number of hydrogen-bond donors (Lipinski definition) is 3. The van der Waals surface area contributed by atoms with E-state index in [1.54, 1.807) is 18.3 Å². The molecule has 0 saturated carbocycles. The number of halogens is 1. The van der Waals surface area contributed by atoms with Gasteiger partial charge in [0.05, 0.1) is 16.8 Å². The molecule has 0 amide bonds. The molecule has 4 heterocycles. The molecule has 4 aromatic rings. The number of ether oxygens (including phenoxy) is 2. The minimum absolute atomic E-state index is 0.256. The molecule has 176 valence electrons. The van der Waals surface area contributed by atoms with Crippen molar-refractivity contribution < 1.29 is 14.6 Å². The Morgan fingerprint density at radius 2 is 2.12 bits per heavy atom. The molecule has 11 heteroatoms. The standard InChI is InChI=1S/C23H24ClN7O3/c24-18-11-15(4-5-19(18)34-13-16-3-1-2-7-25-16)28-21-20-22(27-14-26-21)29-30-23(20)33-10-9-31-8-6-17(32)12-31/h1-5,7,11,14,17,32H,6,8-10,12-13H2,(H2,26,27,28,29,30)/t17-/m0/s1. The van der Waals surface area contributed by atoms with Gasteiger partial charge in [0.25, 0.3) is 0 Å². The van der Waals surface area contributed by atoms with Crippen molar-refractivity contribution in [2.75, 3.05) is 31.6 Å². The van der Waals surface area contributed by atoms with Crippen molar-refractivity contribution in [3.05, 3.63) is 59.6 Å². The molecule has 0 unspecified atom stereocenters. The molecule has 34 heavy (non-hydrogen) atoms. The van der Waals surface area contributed by atoms with Crippen LogP contribution in [0.4, 0.5) is 11.5 Å². The molecule has 1 aromatic carbocycles. The largest absolute Gasteiger partial charge is 0.486 e. The number of aromatic amines is 1. The summed E-state index contributed by atoms with van der Waals surface area (Å²) in [5.74, 6) is 1.52. The van der Waals surface area contributed by atoms with Crippen molar-refractivity contribution in [1.29, 1.82) is 0 Å². The highest BCUT2D eigenvalue weighted by Crippen LogP contribution is 2.33. The van der Waals surface area contributed by atoms with Crippen LogP contribution in [0.15, 0.2) is 48.9 Å². The van der Waals surface area contributed by atoms with Crippen LogP contribution in [0.5, 0.6) is 11.6 Å². The predicted molar refractivity (Wildman–Crippen MR) is 128 cm³/mol. The SMILES string of the molecule is O[C@H]1CCN(CCOc2n[nH]c3ncnc(Nc4ccc(OCc5ccccn5)c(Cl)c4)c23)C1. The highest BCUT2D eigenvalue weighted by Gasteiger charge is 2.20. The number of benzene rings is 1. The minimum atomic E-state index is -0.256. The lowest BCUT2D eigenvalue weighted by Gasteiger charge is -2.14. The van der Waals surface area contributed by atoms with Crippen LogP contribution in [0.1, 0.15) is 12.1 Å². The zero-order valence-electron chi connectivity index (χ0n) is 18.3. The zero-order valence-corrected chi connectivity index (χ0v) is 19.1. The van der Waals surface area contributed by atoms with Crippen LogP contribution in [0.25, 0.3) is 11.0 Å². The van der Waals surface area contributed by atoms with E-state index in [2.05, 4.69) is 35.4 Å². The van der Waals surface area contributed by atoms with Gasteiger partial charge in [-0.2, -0.15) is 0 Å². The van der Waals surface area contributed by atoms with Crippen molar-refractivity contribution in [1.82, 2.24) is 30.0 Å². The van der Waals surface area contributed by atoms with Crippen molar-refractivity contribution in [2.24, 2.45) is 0 Å². The molecule has 0 radical (unpaired) electrons. The molecule has 1 aliphatic rings. The van der Waals surface area contributed by atoms with Crippen LogP contribution < -0.4 is 14.8 Å². The van der Waals surface area contributed by atoms with Gasteiger partial charge in [-0.15, -0.1) is 5.10 Å². The molecule has 3 N–H and O–H groups in total. The third-order valence-corrected chi connectivity index (χ3v) is 5.81. The maximum Gasteiger partial charge on any atom is 0.246 e. The molecular formula is C23H24ClN7O3. The Bertz CT molecular complexity index is 1250. The first kappa shape index (κ1) is 22.3. The van der Waals surface area contributed by atoms with E-state index >= 15 is 0 Å². The number of pyridine rings is 1. The first-order valence-electron chi connectivity index (χ1n) is 11.0. The predicted octanol–water partition coefficient (Wildman–Crippen LogP) is 3.17. The van der Waals surface area contributed by atoms with E-state index in [0.29, 0.717) is 59.8 Å². The summed E-state index contributed by atoms with van der Waals surface area (Å²) in [6.07, 6.45) is 3.71. The normalized spacial score (nSPS) is 16.1. The molecule has 3 aromatic heterocycles. The van der Waals surface area contributed by atoms with Gasteiger partial charge in [0.2, 0.25) is 5.88 Å². The van der Waals surface area contributed by atoms with E-state index in [1.807, 2.05) is 24.3 Å². The number of rotatable bonds is 9. The maximum absolute atomic E-state index is 9.67. The van der Waals surface area contributed by atoms with E-state index < -0.39 is 0 Å². The first-order valence-corrected chi connectivity index (χ1v) is 11.3. The first-order chi connectivity index (χ1) is 16.7. The lowest BCUT2D eigenvalue weighted by molar-refractivity contribution is 0.167. The zero-order chi connectivity index (χ0) is 23.3.